The third-order valence-electron chi connectivity index (χ3n) is 3.72. The molecule has 0 amide bonds. The second-order valence-electron chi connectivity index (χ2n) is 5.33. The van der Waals surface area contributed by atoms with Gasteiger partial charge in [0.1, 0.15) is 6.26 Å². The molecule has 1 aromatic heterocycles. The fraction of sp³-hybridized carbons (Fsp3) is 0.733. The van der Waals surface area contributed by atoms with Gasteiger partial charge in [-0.15, -0.1) is 0 Å². The second-order valence-corrected chi connectivity index (χ2v) is 5.33. The summed E-state index contributed by atoms with van der Waals surface area (Å²) in [7, 11) is 3.49. The Morgan fingerprint density at radius 3 is 2.78 bits per heavy atom. The number of aromatic nitrogens is 1. The van der Waals surface area contributed by atoms with Gasteiger partial charge in [0, 0.05) is 59.5 Å². The molecule has 1 aromatic rings. The summed E-state index contributed by atoms with van der Waals surface area (Å²) in [6, 6.07) is 1.91. The summed E-state index contributed by atoms with van der Waals surface area (Å²) in [6.45, 7) is 7.34. The molecule has 0 unspecified atom stereocenters. The van der Waals surface area contributed by atoms with Gasteiger partial charge in [-0.1, -0.05) is 5.16 Å². The Balaban J connectivity index is 1.64. The number of aliphatic imine (C=N–C) groups is 1. The van der Waals surface area contributed by atoms with Crippen LogP contribution in [-0.2, 0) is 16.0 Å². The van der Waals surface area contributed by atoms with E-state index in [0.29, 0.717) is 19.8 Å². The maximum atomic E-state index is 5.45. The Bertz CT molecular complexity index is 444. The molecule has 0 aromatic carbocycles. The van der Waals surface area contributed by atoms with Crippen LogP contribution in [0.15, 0.2) is 21.8 Å². The average Bonchev–Trinajstić information content (AvgIpc) is 3.08. The second kappa shape index (κ2) is 10.2. The Morgan fingerprint density at radius 2 is 2.13 bits per heavy atom. The van der Waals surface area contributed by atoms with E-state index in [1.54, 1.807) is 13.4 Å². The van der Waals surface area contributed by atoms with Crippen molar-refractivity contribution in [3.8, 4) is 0 Å². The lowest BCUT2D eigenvalue weighted by Gasteiger charge is -2.36. The third-order valence-corrected chi connectivity index (χ3v) is 3.72. The van der Waals surface area contributed by atoms with E-state index in [1.165, 1.54) is 0 Å². The zero-order valence-electron chi connectivity index (χ0n) is 14.0. The molecule has 0 bridgehead atoms. The van der Waals surface area contributed by atoms with Crippen LogP contribution in [-0.4, -0.2) is 87.6 Å². The van der Waals surface area contributed by atoms with Crippen molar-refractivity contribution in [1.29, 1.82) is 0 Å². The van der Waals surface area contributed by atoms with Gasteiger partial charge in [0.15, 0.2) is 5.96 Å². The van der Waals surface area contributed by atoms with Crippen LogP contribution in [0.1, 0.15) is 5.69 Å². The molecule has 0 aliphatic carbocycles. The molecule has 0 saturated carbocycles. The molecule has 8 nitrogen and oxygen atoms in total. The van der Waals surface area contributed by atoms with Crippen LogP contribution in [0.5, 0.6) is 0 Å². The number of hydrogen-bond acceptors (Lipinski definition) is 6. The number of nitrogens with one attached hydrogen (secondary N) is 1. The molecule has 8 heteroatoms. The lowest BCUT2D eigenvalue weighted by Crippen LogP contribution is -2.52. The van der Waals surface area contributed by atoms with Crippen molar-refractivity contribution in [1.82, 2.24) is 20.3 Å². The van der Waals surface area contributed by atoms with E-state index in [0.717, 1.165) is 50.9 Å². The highest BCUT2D eigenvalue weighted by Crippen LogP contribution is 2.07. The topological polar surface area (TPSA) is 75.4 Å². The summed E-state index contributed by atoms with van der Waals surface area (Å²) >= 11 is 0. The first-order chi connectivity index (χ1) is 11.3. The van der Waals surface area contributed by atoms with E-state index < -0.39 is 0 Å². The summed E-state index contributed by atoms with van der Waals surface area (Å²) in [5.74, 6) is 0.932. The van der Waals surface area contributed by atoms with Gasteiger partial charge >= 0.3 is 0 Å². The third kappa shape index (κ3) is 6.17. The first kappa shape index (κ1) is 17.7. The van der Waals surface area contributed by atoms with E-state index in [-0.39, 0.29) is 0 Å². The molecule has 1 saturated heterocycles. The van der Waals surface area contributed by atoms with E-state index >= 15 is 0 Å². The lowest BCUT2D eigenvalue weighted by molar-refractivity contribution is 0.0729. The number of rotatable bonds is 8. The van der Waals surface area contributed by atoms with Crippen LogP contribution < -0.4 is 5.32 Å². The Hall–Kier alpha value is -1.64. The Labute approximate surface area is 137 Å². The number of hydrogen-bond donors (Lipinski definition) is 1. The summed E-state index contributed by atoms with van der Waals surface area (Å²) in [5, 5.41) is 7.30. The van der Waals surface area contributed by atoms with E-state index in [4.69, 9.17) is 14.0 Å². The lowest BCUT2D eigenvalue weighted by atomic mass is 10.3. The molecule has 0 radical (unpaired) electrons. The molecule has 0 atom stereocenters. The van der Waals surface area contributed by atoms with Gasteiger partial charge in [-0.2, -0.15) is 0 Å². The van der Waals surface area contributed by atoms with E-state index in [2.05, 4.69) is 25.3 Å². The minimum absolute atomic E-state index is 0.623. The first-order valence-corrected chi connectivity index (χ1v) is 7.97. The molecule has 1 fully saturated rings. The molecule has 2 rings (SSSR count). The summed E-state index contributed by atoms with van der Waals surface area (Å²) in [5.41, 5.74) is 0.981. The molecule has 2 heterocycles. The SMILES string of the molecule is CN=C(NCCOCCOC)N1CCN(Cc2ccon2)CC1. The van der Waals surface area contributed by atoms with Crippen molar-refractivity contribution < 1.29 is 14.0 Å². The van der Waals surface area contributed by atoms with Gasteiger partial charge in [-0.25, -0.2) is 0 Å². The normalized spacial score (nSPS) is 16.8. The average molecular weight is 325 g/mol. The molecule has 1 aliphatic rings. The van der Waals surface area contributed by atoms with E-state index in [1.807, 2.05) is 13.1 Å². The largest absolute Gasteiger partial charge is 0.382 e. The summed E-state index contributed by atoms with van der Waals surface area (Å²) < 4.78 is 15.3. The molecule has 1 aliphatic heterocycles. The highest BCUT2D eigenvalue weighted by atomic mass is 16.5. The predicted octanol–water partition coefficient (Wildman–Crippen LogP) is 0.0306. The van der Waals surface area contributed by atoms with Crippen molar-refractivity contribution in [3.63, 3.8) is 0 Å². The van der Waals surface area contributed by atoms with Crippen LogP contribution in [0.2, 0.25) is 0 Å². The fourth-order valence-electron chi connectivity index (χ4n) is 2.48. The number of guanidine groups is 1. The van der Waals surface area contributed by atoms with Crippen LogP contribution in [0.4, 0.5) is 0 Å². The van der Waals surface area contributed by atoms with Crippen molar-refractivity contribution in [2.24, 2.45) is 4.99 Å². The molecular formula is C15H27N5O3. The Morgan fingerprint density at radius 1 is 1.30 bits per heavy atom. The number of piperazine rings is 1. The van der Waals surface area contributed by atoms with Gasteiger partial charge in [0.05, 0.1) is 25.5 Å². The first-order valence-electron chi connectivity index (χ1n) is 7.97. The Kier molecular flexibility index (Phi) is 7.85. The monoisotopic (exact) mass is 325 g/mol. The van der Waals surface area contributed by atoms with Crippen molar-refractivity contribution >= 4 is 5.96 Å². The number of methoxy groups -OCH3 is 1. The zero-order valence-corrected chi connectivity index (χ0v) is 14.0. The maximum absolute atomic E-state index is 5.45. The quantitative estimate of drug-likeness (QED) is 0.410. The molecule has 130 valence electrons. The van der Waals surface area contributed by atoms with Crippen molar-refractivity contribution in [3.05, 3.63) is 18.0 Å². The van der Waals surface area contributed by atoms with Crippen LogP contribution in [0, 0.1) is 0 Å². The molecule has 0 spiro atoms. The smallest absolute Gasteiger partial charge is 0.193 e. The highest BCUT2D eigenvalue weighted by Gasteiger charge is 2.19. The minimum atomic E-state index is 0.623. The maximum Gasteiger partial charge on any atom is 0.193 e. The van der Waals surface area contributed by atoms with Crippen LogP contribution in [0.3, 0.4) is 0 Å². The highest BCUT2D eigenvalue weighted by molar-refractivity contribution is 5.79. The van der Waals surface area contributed by atoms with Gasteiger partial charge in [-0.05, 0) is 0 Å². The summed E-state index contributed by atoms with van der Waals surface area (Å²) in [6.07, 6.45) is 1.62. The standard InChI is InChI=1S/C15H27N5O3/c1-16-15(17-4-10-22-12-11-21-2)20-7-5-19(6-8-20)13-14-3-9-23-18-14/h3,9H,4-8,10-13H2,1-2H3,(H,16,17). The molecule has 1 N–H and O–H groups in total. The van der Waals surface area contributed by atoms with E-state index in [9.17, 15) is 0 Å². The zero-order chi connectivity index (χ0) is 16.3. The predicted molar refractivity (Wildman–Crippen MR) is 87.4 cm³/mol. The number of nitrogens with zero attached hydrogens (tertiary/aromatic N) is 4. The number of ether oxygens (including phenoxy) is 2. The minimum Gasteiger partial charge on any atom is -0.382 e. The molecule has 23 heavy (non-hydrogen) atoms. The van der Waals surface area contributed by atoms with Gasteiger partial charge in [-0.3, -0.25) is 9.89 Å². The van der Waals surface area contributed by atoms with Crippen LogP contribution >= 0.6 is 0 Å². The van der Waals surface area contributed by atoms with Crippen molar-refractivity contribution in [2.45, 2.75) is 6.54 Å². The van der Waals surface area contributed by atoms with Crippen LogP contribution in [0.25, 0.3) is 0 Å². The van der Waals surface area contributed by atoms with Gasteiger partial charge in [0.2, 0.25) is 0 Å². The molecular weight excluding hydrogens is 298 g/mol. The summed E-state index contributed by atoms with van der Waals surface area (Å²) in [4.78, 5) is 8.99. The fourth-order valence-corrected chi connectivity index (χ4v) is 2.48. The van der Waals surface area contributed by atoms with Gasteiger partial charge < -0.3 is 24.2 Å². The van der Waals surface area contributed by atoms with Gasteiger partial charge in [0.25, 0.3) is 0 Å². The van der Waals surface area contributed by atoms with Crippen molar-refractivity contribution in [2.75, 3.05) is 66.7 Å².